The van der Waals surface area contributed by atoms with E-state index in [1.807, 2.05) is 0 Å². The van der Waals surface area contributed by atoms with E-state index in [4.69, 9.17) is 9.47 Å². The van der Waals surface area contributed by atoms with Gasteiger partial charge in [0.05, 0.1) is 28.3 Å². The maximum absolute atomic E-state index is 12.8. The molecule has 0 radical (unpaired) electrons. The second kappa shape index (κ2) is 13.7. The Bertz CT molecular complexity index is 1690. The van der Waals surface area contributed by atoms with Crippen molar-refractivity contribution in [1.82, 2.24) is 5.43 Å². The van der Waals surface area contributed by atoms with E-state index in [0.717, 1.165) is 0 Å². The van der Waals surface area contributed by atoms with Crippen LogP contribution in [0.2, 0.25) is 0 Å². The Labute approximate surface area is 255 Å². The molecule has 0 aliphatic rings. The molecule has 0 saturated carbocycles. The normalized spacial score (nSPS) is 10.6. The fraction of sp³-hybridized carbons (Fsp3) is 0.0345. The minimum atomic E-state index is -0.750. The van der Waals surface area contributed by atoms with Gasteiger partial charge < -0.3 is 14.8 Å². The Hall–Kier alpha value is -4.88. The fourth-order valence-corrected chi connectivity index (χ4v) is 4.90. The molecule has 4 aromatic rings. The maximum Gasteiger partial charge on any atom is 0.343 e. The van der Waals surface area contributed by atoms with E-state index in [2.05, 4.69) is 47.7 Å². The third-order valence-electron chi connectivity index (χ3n) is 5.65. The van der Waals surface area contributed by atoms with Gasteiger partial charge in [-0.1, -0.05) is 22.0 Å². The van der Waals surface area contributed by atoms with Crippen molar-refractivity contribution >= 4 is 67.2 Å². The highest BCUT2D eigenvalue weighted by molar-refractivity contribution is 9.11. The second-order valence-corrected chi connectivity index (χ2v) is 10.2. The number of methoxy groups -OCH3 is 1. The molecule has 0 aliphatic carbocycles. The number of non-ortho nitro benzene ring substituents is 1. The number of nitro benzene ring substituents is 1. The van der Waals surface area contributed by atoms with Crippen LogP contribution in [0.1, 0.15) is 36.6 Å². The van der Waals surface area contributed by atoms with Crippen LogP contribution in [0.25, 0.3) is 0 Å². The molecule has 4 aromatic carbocycles. The number of carbonyl (C=O) groups is 3. The van der Waals surface area contributed by atoms with Crippen molar-refractivity contribution in [1.29, 1.82) is 0 Å². The molecule has 0 heterocycles. The zero-order chi connectivity index (χ0) is 30.2. The van der Waals surface area contributed by atoms with Gasteiger partial charge in [-0.2, -0.15) is 5.10 Å². The number of carbonyl (C=O) groups excluding carboxylic acids is 3. The van der Waals surface area contributed by atoms with Crippen molar-refractivity contribution in [2.75, 3.05) is 12.4 Å². The van der Waals surface area contributed by atoms with Gasteiger partial charge >= 0.3 is 5.97 Å². The summed E-state index contributed by atoms with van der Waals surface area (Å²) in [6.07, 6.45) is 1.29. The summed E-state index contributed by atoms with van der Waals surface area (Å²) in [5.41, 5.74) is 3.75. The van der Waals surface area contributed by atoms with Gasteiger partial charge in [0.2, 0.25) is 0 Å². The number of amides is 2. The molecule has 2 amide bonds. The van der Waals surface area contributed by atoms with Crippen LogP contribution in [-0.2, 0) is 0 Å². The molecule has 0 aliphatic heterocycles. The van der Waals surface area contributed by atoms with Crippen molar-refractivity contribution in [2.24, 2.45) is 5.10 Å². The average molecular weight is 696 g/mol. The van der Waals surface area contributed by atoms with Crippen molar-refractivity contribution < 1.29 is 28.8 Å². The topological polar surface area (TPSA) is 149 Å². The van der Waals surface area contributed by atoms with Crippen molar-refractivity contribution in [3.05, 3.63) is 126 Å². The third-order valence-corrected chi connectivity index (χ3v) is 6.70. The number of hydrazone groups is 1. The first kappa shape index (κ1) is 30.1. The first-order valence-electron chi connectivity index (χ1n) is 12.0. The van der Waals surface area contributed by atoms with Crippen LogP contribution < -0.4 is 20.2 Å². The van der Waals surface area contributed by atoms with E-state index in [-0.39, 0.29) is 28.5 Å². The molecule has 0 fully saturated rings. The smallest absolute Gasteiger partial charge is 0.343 e. The lowest BCUT2D eigenvalue weighted by Crippen LogP contribution is -2.18. The van der Waals surface area contributed by atoms with Gasteiger partial charge in [-0.15, -0.1) is 0 Å². The van der Waals surface area contributed by atoms with Gasteiger partial charge in [0.1, 0.15) is 5.75 Å². The number of benzene rings is 4. The summed E-state index contributed by atoms with van der Waals surface area (Å²) in [7, 11) is 1.53. The van der Waals surface area contributed by atoms with Crippen LogP contribution in [0.5, 0.6) is 11.5 Å². The van der Waals surface area contributed by atoms with Crippen LogP contribution >= 0.6 is 31.9 Å². The fourth-order valence-electron chi connectivity index (χ4n) is 3.56. The van der Waals surface area contributed by atoms with E-state index in [1.165, 1.54) is 43.7 Å². The number of anilines is 1. The number of nitrogens with one attached hydrogen (secondary N) is 2. The van der Waals surface area contributed by atoms with Gasteiger partial charge in [0, 0.05) is 39.0 Å². The molecule has 212 valence electrons. The standard InChI is InChI=1S/C29H20Br2N4O7/c1-41-24-11-7-17(8-12-24)27(36)33-22-4-2-3-19(14-22)28(37)34-32-16-20-13-21(30)15-25(31)26(20)42-29(38)18-5-9-23(10-6-18)35(39)40/h2-16H,1H3,(H,33,36)(H,34,37). The molecule has 0 bridgehead atoms. The van der Waals surface area contributed by atoms with Gasteiger partial charge in [0.25, 0.3) is 17.5 Å². The number of halogens is 2. The number of ether oxygens (including phenoxy) is 2. The van der Waals surface area contributed by atoms with Crippen molar-refractivity contribution in [3.8, 4) is 11.5 Å². The Morgan fingerprint density at radius 1 is 0.881 bits per heavy atom. The molecule has 11 nitrogen and oxygen atoms in total. The first-order chi connectivity index (χ1) is 20.1. The monoisotopic (exact) mass is 694 g/mol. The van der Waals surface area contributed by atoms with Gasteiger partial charge in [-0.3, -0.25) is 19.7 Å². The summed E-state index contributed by atoms with van der Waals surface area (Å²) in [6, 6.07) is 21.1. The zero-order valence-electron chi connectivity index (χ0n) is 21.7. The Balaban J connectivity index is 1.44. The van der Waals surface area contributed by atoms with E-state index in [0.29, 0.717) is 31.5 Å². The summed E-state index contributed by atoms with van der Waals surface area (Å²) in [6.45, 7) is 0. The van der Waals surface area contributed by atoms with Gasteiger partial charge in [-0.05, 0) is 82.7 Å². The van der Waals surface area contributed by atoms with Crippen LogP contribution in [0, 0.1) is 10.1 Å². The first-order valence-corrected chi connectivity index (χ1v) is 13.6. The van der Waals surface area contributed by atoms with Crippen LogP contribution in [-0.4, -0.2) is 36.0 Å². The van der Waals surface area contributed by atoms with E-state index < -0.39 is 16.8 Å². The third kappa shape index (κ3) is 7.65. The minimum Gasteiger partial charge on any atom is -0.497 e. The maximum atomic E-state index is 12.8. The molecule has 0 saturated heterocycles. The highest BCUT2D eigenvalue weighted by Gasteiger charge is 2.17. The zero-order valence-corrected chi connectivity index (χ0v) is 24.8. The lowest BCUT2D eigenvalue weighted by Gasteiger charge is -2.11. The van der Waals surface area contributed by atoms with E-state index in [9.17, 15) is 24.5 Å². The molecule has 42 heavy (non-hydrogen) atoms. The predicted octanol–water partition coefficient (Wildman–Crippen LogP) is 6.36. The SMILES string of the molecule is COc1ccc(C(=O)Nc2cccc(C(=O)NN=Cc3cc(Br)cc(Br)c3OC(=O)c3ccc([N+](=O)[O-])cc3)c2)cc1. The molecule has 2 N–H and O–H groups in total. The summed E-state index contributed by atoms with van der Waals surface area (Å²) in [5.74, 6) is -0.923. The largest absolute Gasteiger partial charge is 0.497 e. The van der Waals surface area contributed by atoms with E-state index >= 15 is 0 Å². The van der Waals surface area contributed by atoms with Crippen LogP contribution in [0.4, 0.5) is 11.4 Å². The number of rotatable bonds is 9. The number of nitrogens with zero attached hydrogens (tertiary/aromatic N) is 2. The number of hydrogen-bond acceptors (Lipinski definition) is 8. The van der Waals surface area contributed by atoms with Gasteiger partial charge in [0.15, 0.2) is 5.75 Å². The summed E-state index contributed by atoms with van der Waals surface area (Å²) in [5, 5.41) is 17.6. The highest BCUT2D eigenvalue weighted by atomic mass is 79.9. The summed E-state index contributed by atoms with van der Waals surface area (Å²) >= 11 is 6.72. The lowest BCUT2D eigenvalue weighted by atomic mass is 10.1. The lowest BCUT2D eigenvalue weighted by molar-refractivity contribution is -0.384. The van der Waals surface area contributed by atoms with Crippen LogP contribution in [0.15, 0.2) is 99.0 Å². The second-order valence-electron chi connectivity index (χ2n) is 8.46. The molecule has 0 unspecified atom stereocenters. The summed E-state index contributed by atoms with van der Waals surface area (Å²) < 4.78 is 11.7. The predicted molar refractivity (Wildman–Crippen MR) is 162 cm³/mol. The van der Waals surface area contributed by atoms with Gasteiger partial charge in [-0.25, -0.2) is 10.2 Å². The number of hydrogen-bond donors (Lipinski definition) is 2. The molecule has 0 spiro atoms. The molecular weight excluding hydrogens is 676 g/mol. The molecular formula is C29H20Br2N4O7. The molecule has 0 atom stereocenters. The minimum absolute atomic E-state index is 0.102. The Kier molecular flexibility index (Phi) is 9.78. The van der Waals surface area contributed by atoms with Crippen molar-refractivity contribution in [2.45, 2.75) is 0 Å². The number of esters is 1. The number of nitro groups is 1. The summed E-state index contributed by atoms with van der Waals surface area (Å²) in [4.78, 5) is 48.4. The molecule has 4 rings (SSSR count). The van der Waals surface area contributed by atoms with Crippen LogP contribution in [0.3, 0.4) is 0 Å². The molecule has 0 aromatic heterocycles. The highest BCUT2D eigenvalue weighted by Crippen LogP contribution is 2.33. The quantitative estimate of drug-likeness (QED) is 0.0680. The Morgan fingerprint density at radius 3 is 2.24 bits per heavy atom. The average Bonchev–Trinajstić information content (AvgIpc) is 2.98. The van der Waals surface area contributed by atoms with E-state index in [1.54, 1.807) is 54.6 Å². The van der Waals surface area contributed by atoms with Crippen molar-refractivity contribution in [3.63, 3.8) is 0 Å². The Morgan fingerprint density at radius 2 is 1.57 bits per heavy atom. The molecule has 13 heteroatoms.